The van der Waals surface area contributed by atoms with E-state index in [4.69, 9.17) is 15.9 Å². The maximum absolute atomic E-state index is 13.8. The van der Waals surface area contributed by atoms with Gasteiger partial charge in [-0.2, -0.15) is 4.39 Å². The highest BCUT2D eigenvalue weighted by Gasteiger charge is 2.53. The minimum Gasteiger partial charge on any atom is -0.477 e. The topological polar surface area (TPSA) is 153 Å². The zero-order chi connectivity index (χ0) is 14.1. The van der Waals surface area contributed by atoms with E-state index < -0.39 is 55.3 Å². The molecule has 0 aromatic rings. The summed E-state index contributed by atoms with van der Waals surface area (Å²) in [5.41, 5.74) is 5.45. The van der Waals surface area contributed by atoms with Crippen LogP contribution in [0.5, 0.6) is 0 Å². The van der Waals surface area contributed by atoms with Gasteiger partial charge in [-0.05, 0) is 0 Å². The summed E-state index contributed by atoms with van der Waals surface area (Å²) in [7, 11) is 0. The molecule has 0 saturated carbocycles. The Morgan fingerprint density at radius 2 is 2.11 bits per heavy atom. The van der Waals surface area contributed by atoms with Gasteiger partial charge in [0.15, 0.2) is 0 Å². The summed E-state index contributed by atoms with van der Waals surface area (Å²) in [6.45, 7) is -0.851. The molecule has 1 heterocycles. The highest BCUT2D eigenvalue weighted by Crippen LogP contribution is 2.32. The number of carbonyl (C=O) groups is 1. The van der Waals surface area contributed by atoms with Gasteiger partial charge in [0.1, 0.15) is 18.3 Å². The molecule has 1 saturated heterocycles. The monoisotopic (exact) mass is 269 g/mol. The summed E-state index contributed by atoms with van der Waals surface area (Å²) in [5.74, 6) is -5.17. The summed E-state index contributed by atoms with van der Waals surface area (Å²) >= 11 is 0. The first-order valence-electron chi connectivity index (χ1n) is 5.23. The molecule has 0 amide bonds. The molecule has 0 radical (unpaired) electrons. The number of aliphatic hydroxyl groups excluding tert-OH is 4. The van der Waals surface area contributed by atoms with Crippen LogP contribution in [0, 0.1) is 0 Å². The van der Waals surface area contributed by atoms with E-state index in [0.29, 0.717) is 0 Å². The number of rotatable bonds is 4. The van der Waals surface area contributed by atoms with Crippen LogP contribution in [-0.4, -0.2) is 74.4 Å². The molecule has 18 heavy (non-hydrogen) atoms. The van der Waals surface area contributed by atoms with Gasteiger partial charge in [0, 0.05) is 6.42 Å². The predicted molar refractivity (Wildman–Crippen MR) is 54.0 cm³/mol. The van der Waals surface area contributed by atoms with Gasteiger partial charge in [0.2, 0.25) is 0 Å². The number of carboxylic acids is 1. The first kappa shape index (κ1) is 15.2. The van der Waals surface area contributed by atoms with Gasteiger partial charge >= 0.3 is 11.8 Å². The average molecular weight is 269 g/mol. The highest BCUT2D eigenvalue weighted by atomic mass is 19.2. The fourth-order valence-corrected chi connectivity index (χ4v) is 1.73. The van der Waals surface area contributed by atoms with Crippen LogP contribution in [-0.2, 0) is 9.53 Å². The van der Waals surface area contributed by atoms with Crippen molar-refractivity contribution in [1.82, 2.24) is 0 Å². The number of carboxylic acid groups (broad SMARTS) is 1. The summed E-state index contributed by atoms with van der Waals surface area (Å²) in [4.78, 5) is 10.7. The number of hydrogen-bond acceptors (Lipinski definition) is 7. The summed E-state index contributed by atoms with van der Waals surface area (Å²) in [6.07, 6.45) is -7.62. The van der Waals surface area contributed by atoms with E-state index in [2.05, 4.69) is 4.74 Å². The molecule has 0 aromatic carbocycles. The molecular weight excluding hydrogens is 253 g/mol. The number of hydrogen-bond donors (Lipinski definition) is 6. The van der Waals surface area contributed by atoms with Gasteiger partial charge in [-0.3, -0.25) is 0 Å². The van der Waals surface area contributed by atoms with Gasteiger partial charge in [-0.1, -0.05) is 0 Å². The fourth-order valence-electron chi connectivity index (χ4n) is 1.73. The molecule has 7 N–H and O–H groups in total. The molecule has 1 aliphatic heterocycles. The lowest BCUT2D eigenvalue weighted by Crippen LogP contribution is -2.64. The van der Waals surface area contributed by atoms with Gasteiger partial charge in [-0.25, -0.2) is 4.79 Å². The molecule has 8 nitrogen and oxygen atoms in total. The Balaban J connectivity index is 2.92. The average Bonchev–Trinajstić information content (AvgIpc) is 2.31. The number of aliphatic carboxylic acids is 1. The molecule has 9 heteroatoms. The van der Waals surface area contributed by atoms with Crippen molar-refractivity contribution in [2.24, 2.45) is 5.73 Å². The predicted octanol–water partition coefficient (Wildman–Crippen LogP) is -3.07. The van der Waals surface area contributed by atoms with Crippen molar-refractivity contribution in [3.63, 3.8) is 0 Å². The third-order valence-corrected chi connectivity index (χ3v) is 2.86. The van der Waals surface area contributed by atoms with E-state index in [9.17, 15) is 24.5 Å². The molecule has 0 bridgehead atoms. The Morgan fingerprint density at radius 3 is 2.56 bits per heavy atom. The Hall–Kier alpha value is -0.840. The van der Waals surface area contributed by atoms with Crippen LogP contribution in [0.15, 0.2) is 0 Å². The standard InChI is InChI=1S/C9H16FNO7/c10-9(8(16)17)1-3(13)5(11)7(18-9)6(15)4(14)2-12/h3-7,12-15H,1-2,11H2,(H,16,17)/t3-,4+,5+,6+,7+,9+/m0/s1. The van der Waals surface area contributed by atoms with Crippen LogP contribution < -0.4 is 5.73 Å². The van der Waals surface area contributed by atoms with Gasteiger partial charge in [0.25, 0.3) is 0 Å². The molecular formula is C9H16FNO7. The van der Waals surface area contributed by atoms with E-state index >= 15 is 0 Å². The zero-order valence-electron chi connectivity index (χ0n) is 9.31. The number of nitrogens with two attached hydrogens (primary N) is 1. The molecule has 0 unspecified atom stereocenters. The van der Waals surface area contributed by atoms with E-state index in [-0.39, 0.29) is 0 Å². The minimum atomic E-state index is -3.20. The quantitative estimate of drug-likeness (QED) is 0.314. The van der Waals surface area contributed by atoms with Crippen molar-refractivity contribution in [3.05, 3.63) is 0 Å². The zero-order valence-corrected chi connectivity index (χ0v) is 9.31. The first-order chi connectivity index (χ1) is 8.23. The van der Waals surface area contributed by atoms with Crippen LogP contribution in [0.1, 0.15) is 6.42 Å². The molecule has 0 spiro atoms. The van der Waals surface area contributed by atoms with E-state index in [1.165, 1.54) is 0 Å². The van der Waals surface area contributed by atoms with E-state index in [0.717, 1.165) is 0 Å². The van der Waals surface area contributed by atoms with Crippen molar-refractivity contribution in [2.75, 3.05) is 6.61 Å². The Morgan fingerprint density at radius 1 is 1.56 bits per heavy atom. The number of ether oxygens (including phenoxy) is 1. The maximum Gasteiger partial charge on any atom is 0.369 e. The largest absolute Gasteiger partial charge is 0.477 e. The molecule has 1 fully saturated rings. The third kappa shape index (κ3) is 2.76. The number of halogens is 1. The molecule has 1 aliphatic rings. The van der Waals surface area contributed by atoms with Crippen molar-refractivity contribution >= 4 is 5.97 Å². The van der Waals surface area contributed by atoms with Crippen molar-refractivity contribution in [3.8, 4) is 0 Å². The molecule has 1 rings (SSSR count). The van der Waals surface area contributed by atoms with Crippen molar-refractivity contribution < 1.29 is 39.5 Å². The minimum absolute atomic E-state index is 0.851. The van der Waals surface area contributed by atoms with Crippen LogP contribution >= 0.6 is 0 Å². The maximum atomic E-state index is 13.8. The van der Waals surface area contributed by atoms with Crippen molar-refractivity contribution in [2.45, 2.75) is 42.7 Å². The molecule has 0 aromatic heterocycles. The lowest BCUT2D eigenvalue weighted by Gasteiger charge is -2.41. The Kier molecular flexibility index (Phi) is 4.59. The smallest absolute Gasteiger partial charge is 0.369 e. The number of aliphatic hydroxyl groups is 4. The van der Waals surface area contributed by atoms with Crippen LogP contribution in [0.3, 0.4) is 0 Å². The van der Waals surface area contributed by atoms with E-state index in [1.807, 2.05) is 0 Å². The lowest BCUT2D eigenvalue weighted by molar-refractivity contribution is -0.265. The normalized spacial score (nSPS) is 40.2. The SMILES string of the molecule is N[C@H]1[C@H]([C@H](O)[C@H](O)CO)O[C@@](F)(C(=O)O)C[C@@H]1O. The second-order valence-electron chi connectivity index (χ2n) is 4.21. The van der Waals surface area contributed by atoms with Gasteiger partial charge in [-0.15, -0.1) is 0 Å². The fraction of sp³-hybridized carbons (Fsp3) is 0.889. The highest BCUT2D eigenvalue weighted by molar-refractivity contribution is 5.75. The van der Waals surface area contributed by atoms with Gasteiger partial charge in [0.05, 0.1) is 18.8 Å². The Labute approximate surface area is 101 Å². The molecule has 106 valence electrons. The Bertz CT molecular complexity index is 317. The summed E-state index contributed by atoms with van der Waals surface area (Å²) < 4.78 is 18.3. The third-order valence-electron chi connectivity index (χ3n) is 2.86. The second-order valence-corrected chi connectivity index (χ2v) is 4.21. The van der Waals surface area contributed by atoms with E-state index in [1.54, 1.807) is 0 Å². The second kappa shape index (κ2) is 5.43. The summed E-state index contributed by atoms with van der Waals surface area (Å²) in [5, 5.41) is 45.5. The molecule has 0 aliphatic carbocycles. The molecule has 6 atom stereocenters. The number of alkyl halides is 1. The lowest BCUT2D eigenvalue weighted by atomic mass is 9.90. The van der Waals surface area contributed by atoms with Gasteiger partial charge < -0.3 is 36.0 Å². The van der Waals surface area contributed by atoms with Crippen LogP contribution in [0.25, 0.3) is 0 Å². The summed E-state index contributed by atoms with van der Waals surface area (Å²) in [6, 6.07) is -1.29. The first-order valence-corrected chi connectivity index (χ1v) is 5.23. The van der Waals surface area contributed by atoms with Crippen molar-refractivity contribution in [1.29, 1.82) is 0 Å². The van der Waals surface area contributed by atoms with Crippen LogP contribution in [0.4, 0.5) is 4.39 Å². The van der Waals surface area contributed by atoms with Crippen LogP contribution in [0.2, 0.25) is 0 Å².